The molecule has 3 unspecified atom stereocenters. The van der Waals surface area contributed by atoms with E-state index in [9.17, 15) is 18.8 Å². The van der Waals surface area contributed by atoms with E-state index < -0.39 is 11.9 Å². The van der Waals surface area contributed by atoms with Gasteiger partial charge in [0.15, 0.2) is 0 Å². The Kier molecular flexibility index (Phi) is 8.28. The summed E-state index contributed by atoms with van der Waals surface area (Å²) in [4.78, 5) is 45.8. The van der Waals surface area contributed by atoms with Crippen LogP contribution in [0.15, 0.2) is 29.6 Å². The molecule has 2 fully saturated rings. The molecule has 0 bridgehead atoms. The van der Waals surface area contributed by atoms with Crippen LogP contribution in [0.4, 0.5) is 4.39 Å². The van der Waals surface area contributed by atoms with Gasteiger partial charge in [-0.05, 0) is 69.8 Å². The Morgan fingerprint density at radius 2 is 1.80 bits per heavy atom. The number of benzene rings is 1. The van der Waals surface area contributed by atoms with Gasteiger partial charge in [-0.15, -0.1) is 11.3 Å². The Labute approximate surface area is 209 Å². The predicted molar refractivity (Wildman–Crippen MR) is 133 cm³/mol. The maximum atomic E-state index is 13.8. The summed E-state index contributed by atoms with van der Waals surface area (Å²) in [6.07, 6.45) is 6.76. The van der Waals surface area contributed by atoms with Gasteiger partial charge in [-0.2, -0.15) is 0 Å². The van der Waals surface area contributed by atoms with Crippen molar-refractivity contribution in [2.75, 3.05) is 13.6 Å². The number of hydrogen-bond donors (Lipinski definition) is 2. The number of halogens is 1. The number of ketones is 1. The molecule has 2 heterocycles. The summed E-state index contributed by atoms with van der Waals surface area (Å²) in [5.74, 6) is -0.773. The van der Waals surface area contributed by atoms with Gasteiger partial charge < -0.3 is 15.5 Å². The SMILES string of the molecule is CNC(C)C(=O)NC(C(=O)N1CCCC1c1nc(C(=O)c2ccc(F)cc2)cs1)C1CCCCC1. The lowest BCUT2D eigenvalue weighted by Crippen LogP contribution is -2.55. The highest BCUT2D eigenvalue weighted by atomic mass is 32.1. The summed E-state index contributed by atoms with van der Waals surface area (Å²) >= 11 is 1.37. The van der Waals surface area contributed by atoms with Crippen molar-refractivity contribution in [3.8, 4) is 0 Å². The average molecular weight is 501 g/mol. The molecule has 1 aromatic heterocycles. The fraction of sp³-hybridized carbons (Fsp3) is 0.538. The van der Waals surface area contributed by atoms with Crippen molar-refractivity contribution in [3.05, 3.63) is 51.7 Å². The summed E-state index contributed by atoms with van der Waals surface area (Å²) < 4.78 is 13.2. The number of aromatic nitrogens is 1. The molecule has 1 saturated carbocycles. The lowest BCUT2D eigenvalue weighted by Gasteiger charge is -2.35. The van der Waals surface area contributed by atoms with E-state index in [1.165, 1.54) is 35.6 Å². The second-order valence-electron chi connectivity index (χ2n) is 9.49. The van der Waals surface area contributed by atoms with Gasteiger partial charge >= 0.3 is 0 Å². The second-order valence-corrected chi connectivity index (χ2v) is 10.4. The zero-order valence-electron chi connectivity index (χ0n) is 20.3. The molecule has 0 spiro atoms. The summed E-state index contributed by atoms with van der Waals surface area (Å²) in [6, 6.07) is 4.25. The first kappa shape index (κ1) is 25.4. The molecule has 2 aliphatic rings. The van der Waals surface area contributed by atoms with Crippen LogP contribution in [0.5, 0.6) is 0 Å². The van der Waals surface area contributed by atoms with Gasteiger partial charge in [-0.25, -0.2) is 9.37 Å². The standard InChI is InChI=1S/C26H33FN4O3S/c1-16(28-2)24(33)30-22(17-7-4-3-5-8-17)26(34)31-14-6-9-21(31)25-29-20(15-35-25)23(32)18-10-12-19(27)13-11-18/h10-13,15-17,21-22,28H,3-9,14H2,1-2H3,(H,30,33). The van der Waals surface area contributed by atoms with Crippen molar-refractivity contribution in [3.63, 3.8) is 0 Å². The van der Waals surface area contributed by atoms with Crippen molar-refractivity contribution < 1.29 is 18.8 Å². The van der Waals surface area contributed by atoms with Crippen LogP contribution < -0.4 is 10.6 Å². The number of nitrogens with zero attached hydrogens (tertiary/aromatic N) is 2. The fourth-order valence-electron chi connectivity index (χ4n) is 5.02. The van der Waals surface area contributed by atoms with Crippen LogP contribution in [-0.2, 0) is 9.59 Å². The molecule has 2 amide bonds. The first-order valence-corrected chi connectivity index (χ1v) is 13.3. The van der Waals surface area contributed by atoms with E-state index >= 15 is 0 Å². The number of nitrogens with one attached hydrogen (secondary N) is 2. The minimum Gasteiger partial charge on any atom is -0.343 e. The lowest BCUT2D eigenvalue weighted by atomic mass is 9.83. The number of amides is 2. The minimum atomic E-state index is -0.556. The molecule has 1 aliphatic carbocycles. The Morgan fingerprint density at radius 1 is 1.09 bits per heavy atom. The molecule has 0 radical (unpaired) electrons. The monoisotopic (exact) mass is 500 g/mol. The first-order chi connectivity index (χ1) is 16.9. The molecule has 3 atom stereocenters. The maximum absolute atomic E-state index is 13.8. The van der Waals surface area contributed by atoms with Crippen molar-refractivity contribution >= 4 is 28.9 Å². The van der Waals surface area contributed by atoms with Crippen LogP contribution >= 0.6 is 11.3 Å². The van der Waals surface area contributed by atoms with Gasteiger partial charge in [0.05, 0.1) is 12.1 Å². The van der Waals surface area contributed by atoms with Gasteiger partial charge in [0.25, 0.3) is 0 Å². The van der Waals surface area contributed by atoms with E-state index in [0.29, 0.717) is 17.8 Å². The molecule has 9 heteroatoms. The van der Waals surface area contributed by atoms with Crippen LogP contribution in [0, 0.1) is 11.7 Å². The maximum Gasteiger partial charge on any atom is 0.246 e. The second kappa shape index (κ2) is 11.4. The van der Waals surface area contributed by atoms with Gasteiger partial charge in [0.2, 0.25) is 17.6 Å². The quantitative estimate of drug-likeness (QED) is 0.538. The number of likely N-dealkylation sites (tertiary alicyclic amines) is 1. The number of likely N-dealkylation sites (N-methyl/N-ethyl adjacent to an activating group) is 1. The predicted octanol–water partition coefficient (Wildman–Crippen LogP) is 3.85. The number of hydrogen-bond acceptors (Lipinski definition) is 6. The molecule has 188 valence electrons. The van der Waals surface area contributed by atoms with Crippen LogP contribution in [0.1, 0.15) is 79.0 Å². The van der Waals surface area contributed by atoms with E-state index in [2.05, 4.69) is 15.6 Å². The van der Waals surface area contributed by atoms with Crippen LogP contribution in [0.3, 0.4) is 0 Å². The Morgan fingerprint density at radius 3 is 2.49 bits per heavy atom. The Balaban J connectivity index is 1.53. The molecule has 1 saturated heterocycles. The van der Waals surface area contributed by atoms with E-state index in [4.69, 9.17) is 0 Å². The topological polar surface area (TPSA) is 91.4 Å². The minimum absolute atomic E-state index is 0.0577. The third kappa shape index (κ3) is 5.78. The number of carbonyl (C=O) groups is 3. The van der Waals surface area contributed by atoms with E-state index in [1.807, 2.05) is 4.90 Å². The molecule has 2 N–H and O–H groups in total. The first-order valence-electron chi connectivity index (χ1n) is 12.4. The Bertz CT molecular complexity index is 1050. The van der Waals surface area contributed by atoms with Crippen molar-refractivity contribution in [1.29, 1.82) is 0 Å². The van der Waals surface area contributed by atoms with Crippen molar-refractivity contribution in [1.82, 2.24) is 20.5 Å². The summed E-state index contributed by atoms with van der Waals surface area (Å²) in [5, 5.41) is 8.42. The Hall–Kier alpha value is -2.65. The molecule has 35 heavy (non-hydrogen) atoms. The number of rotatable bonds is 8. The third-order valence-corrected chi connectivity index (χ3v) is 8.14. The molecule has 1 aromatic carbocycles. The highest BCUT2D eigenvalue weighted by Crippen LogP contribution is 2.36. The molecule has 7 nitrogen and oxygen atoms in total. The van der Waals surface area contributed by atoms with E-state index in [1.54, 1.807) is 19.4 Å². The highest BCUT2D eigenvalue weighted by molar-refractivity contribution is 7.10. The normalized spacial score (nSPS) is 20.4. The highest BCUT2D eigenvalue weighted by Gasteiger charge is 2.40. The number of carbonyl (C=O) groups excluding carboxylic acids is 3. The van der Waals surface area contributed by atoms with E-state index in [-0.39, 0.29) is 35.6 Å². The third-order valence-electron chi connectivity index (χ3n) is 7.19. The molecule has 2 aromatic rings. The molecule has 1 aliphatic heterocycles. The van der Waals surface area contributed by atoms with Gasteiger partial charge in [-0.1, -0.05) is 19.3 Å². The van der Waals surface area contributed by atoms with Crippen LogP contribution in [0.25, 0.3) is 0 Å². The average Bonchev–Trinajstić information content (AvgIpc) is 3.56. The zero-order chi connectivity index (χ0) is 24.9. The number of thiazole rings is 1. The smallest absolute Gasteiger partial charge is 0.246 e. The van der Waals surface area contributed by atoms with Crippen molar-refractivity contribution in [2.45, 2.75) is 70.0 Å². The van der Waals surface area contributed by atoms with Crippen LogP contribution in [0.2, 0.25) is 0 Å². The summed E-state index contributed by atoms with van der Waals surface area (Å²) in [7, 11) is 1.73. The van der Waals surface area contributed by atoms with Crippen molar-refractivity contribution in [2.24, 2.45) is 5.92 Å². The fourth-order valence-corrected chi connectivity index (χ4v) is 5.96. The van der Waals surface area contributed by atoms with Gasteiger partial charge in [-0.3, -0.25) is 14.4 Å². The van der Waals surface area contributed by atoms with E-state index in [0.717, 1.165) is 50.0 Å². The zero-order valence-corrected chi connectivity index (χ0v) is 21.1. The van der Waals surface area contributed by atoms with Crippen LogP contribution in [-0.4, -0.2) is 53.2 Å². The molecular formula is C26H33FN4O3S. The lowest BCUT2D eigenvalue weighted by molar-refractivity contribution is -0.139. The largest absolute Gasteiger partial charge is 0.343 e. The summed E-state index contributed by atoms with van der Waals surface area (Å²) in [5.41, 5.74) is 0.678. The summed E-state index contributed by atoms with van der Waals surface area (Å²) in [6.45, 7) is 2.39. The van der Waals surface area contributed by atoms with Gasteiger partial charge in [0.1, 0.15) is 22.6 Å². The molecule has 4 rings (SSSR count). The molecular weight excluding hydrogens is 467 g/mol. The van der Waals surface area contributed by atoms with Gasteiger partial charge in [0, 0.05) is 17.5 Å².